The van der Waals surface area contributed by atoms with Gasteiger partial charge in [0.25, 0.3) is 0 Å². The molecular formula is C13H10BrF2NO3S. The molecule has 4 nitrogen and oxygen atoms in total. The molecule has 0 aliphatic heterocycles. The number of hydrogen-bond donors (Lipinski definition) is 2. The molecule has 0 saturated heterocycles. The lowest BCUT2D eigenvalue weighted by atomic mass is 10.2. The molecule has 0 aliphatic rings. The normalized spacial score (nSPS) is 11.6. The Morgan fingerprint density at radius 2 is 1.76 bits per heavy atom. The molecule has 21 heavy (non-hydrogen) atoms. The summed E-state index contributed by atoms with van der Waals surface area (Å²) < 4.78 is 52.8. The zero-order valence-corrected chi connectivity index (χ0v) is 12.9. The predicted octanol–water partition coefficient (Wildman–Crippen LogP) is 2.91. The van der Waals surface area contributed by atoms with Gasteiger partial charge in [0.2, 0.25) is 10.0 Å². The third-order valence-corrected chi connectivity index (χ3v) is 5.00. The van der Waals surface area contributed by atoms with Crippen LogP contribution in [0.3, 0.4) is 0 Å². The van der Waals surface area contributed by atoms with Crippen LogP contribution in [0.2, 0.25) is 0 Å². The van der Waals surface area contributed by atoms with E-state index in [4.69, 9.17) is 5.11 Å². The largest absolute Gasteiger partial charge is 0.508 e. The summed E-state index contributed by atoms with van der Waals surface area (Å²) in [4.78, 5) is -0.650. The number of nitrogens with one attached hydrogen (secondary N) is 1. The van der Waals surface area contributed by atoms with E-state index in [1.165, 1.54) is 24.3 Å². The lowest BCUT2D eigenvalue weighted by molar-refractivity contribution is 0.475. The molecule has 2 rings (SSSR count). The molecule has 0 bridgehead atoms. The summed E-state index contributed by atoms with van der Waals surface area (Å²) in [5, 5.41) is 9.13. The maximum absolute atomic E-state index is 13.7. The highest BCUT2D eigenvalue weighted by Gasteiger charge is 2.23. The van der Waals surface area contributed by atoms with Gasteiger partial charge < -0.3 is 5.11 Å². The van der Waals surface area contributed by atoms with Crippen LogP contribution < -0.4 is 4.72 Å². The SMILES string of the molecule is O=S(=O)(NCc1ccc(O)cc1)c1c(F)cc(F)cc1Br. The summed E-state index contributed by atoms with van der Waals surface area (Å²) in [5.41, 5.74) is 0.579. The van der Waals surface area contributed by atoms with Crippen molar-refractivity contribution in [3.8, 4) is 5.75 Å². The van der Waals surface area contributed by atoms with Crippen molar-refractivity contribution in [2.24, 2.45) is 0 Å². The first-order valence-corrected chi connectivity index (χ1v) is 7.99. The van der Waals surface area contributed by atoms with Crippen LogP contribution in [-0.2, 0) is 16.6 Å². The van der Waals surface area contributed by atoms with Gasteiger partial charge >= 0.3 is 0 Å². The van der Waals surface area contributed by atoms with Crippen LogP contribution in [0, 0.1) is 11.6 Å². The fraction of sp³-hybridized carbons (Fsp3) is 0.0769. The smallest absolute Gasteiger partial charge is 0.244 e. The Hall–Kier alpha value is -1.51. The second-order valence-electron chi connectivity index (χ2n) is 4.19. The van der Waals surface area contributed by atoms with E-state index in [9.17, 15) is 17.2 Å². The van der Waals surface area contributed by atoms with Crippen molar-refractivity contribution in [3.63, 3.8) is 0 Å². The first-order valence-electron chi connectivity index (χ1n) is 5.72. The van der Waals surface area contributed by atoms with Crippen LogP contribution >= 0.6 is 15.9 Å². The molecule has 0 fully saturated rings. The standard InChI is InChI=1S/C13H10BrF2NO3S/c14-11-5-9(15)6-12(16)13(11)21(19,20)17-7-8-1-3-10(18)4-2-8/h1-6,17-18H,7H2. The first-order chi connectivity index (χ1) is 9.79. The molecule has 8 heteroatoms. The van der Waals surface area contributed by atoms with Crippen LogP contribution in [0.4, 0.5) is 8.78 Å². The Bertz CT molecular complexity index is 740. The number of phenolic OH excluding ortho intramolecular Hbond substituents is 1. The van der Waals surface area contributed by atoms with E-state index in [-0.39, 0.29) is 16.8 Å². The van der Waals surface area contributed by atoms with E-state index < -0.39 is 26.6 Å². The fourth-order valence-electron chi connectivity index (χ4n) is 1.65. The third-order valence-electron chi connectivity index (χ3n) is 2.63. The van der Waals surface area contributed by atoms with Crippen molar-refractivity contribution in [1.82, 2.24) is 4.72 Å². The van der Waals surface area contributed by atoms with Crippen LogP contribution in [0.1, 0.15) is 5.56 Å². The van der Waals surface area contributed by atoms with Crippen LogP contribution in [0.15, 0.2) is 45.8 Å². The van der Waals surface area contributed by atoms with Gasteiger partial charge in [-0.1, -0.05) is 12.1 Å². The minimum Gasteiger partial charge on any atom is -0.508 e. The molecule has 0 unspecified atom stereocenters. The summed E-state index contributed by atoms with van der Waals surface area (Å²) in [6, 6.07) is 7.22. The zero-order valence-electron chi connectivity index (χ0n) is 10.5. The number of benzene rings is 2. The fourth-order valence-corrected chi connectivity index (χ4v) is 3.83. The van der Waals surface area contributed by atoms with Crippen molar-refractivity contribution in [3.05, 3.63) is 58.1 Å². The second-order valence-corrected chi connectivity index (χ2v) is 6.75. The highest BCUT2D eigenvalue weighted by atomic mass is 79.9. The third kappa shape index (κ3) is 3.78. The second kappa shape index (κ2) is 6.08. The molecule has 2 aromatic carbocycles. The summed E-state index contributed by atoms with van der Waals surface area (Å²) >= 11 is 2.84. The number of aromatic hydroxyl groups is 1. The van der Waals surface area contributed by atoms with E-state index >= 15 is 0 Å². The van der Waals surface area contributed by atoms with Crippen LogP contribution in [0.5, 0.6) is 5.75 Å². The molecule has 2 N–H and O–H groups in total. The summed E-state index contributed by atoms with van der Waals surface area (Å²) in [6.45, 7) is -0.0914. The van der Waals surface area contributed by atoms with Crippen molar-refractivity contribution in [2.75, 3.05) is 0 Å². The van der Waals surface area contributed by atoms with E-state index in [2.05, 4.69) is 20.7 Å². The van der Waals surface area contributed by atoms with Gasteiger partial charge in [0, 0.05) is 17.1 Å². The van der Waals surface area contributed by atoms with Gasteiger partial charge in [-0.2, -0.15) is 0 Å². The summed E-state index contributed by atoms with van der Waals surface area (Å²) in [5.74, 6) is -2.01. The van der Waals surface area contributed by atoms with Gasteiger partial charge in [0.1, 0.15) is 22.3 Å². The molecule has 2 aromatic rings. The Morgan fingerprint density at radius 1 is 1.14 bits per heavy atom. The van der Waals surface area contributed by atoms with Crippen LogP contribution in [0.25, 0.3) is 0 Å². The van der Waals surface area contributed by atoms with Gasteiger partial charge in [-0.05, 0) is 39.7 Å². The average Bonchev–Trinajstić information content (AvgIpc) is 2.36. The molecule has 0 atom stereocenters. The Morgan fingerprint density at radius 3 is 2.33 bits per heavy atom. The quantitative estimate of drug-likeness (QED) is 0.860. The topological polar surface area (TPSA) is 66.4 Å². The van der Waals surface area contributed by atoms with Crippen LogP contribution in [-0.4, -0.2) is 13.5 Å². The Kier molecular flexibility index (Phi) is 4.60. The van der Waals surface area contributed by atoms with Crippen molar-refractivity contribution in [1.29, 1.82) is 0 Å². The molecule has 112 valence electrons. The average molecular weight is 378 g/mol. The molecule has 0 amide bonds. The monoisotopic (exact) mass is 377 g/mol. The molecule has 0 spiro atoms. The first kappa shape index (κ1) is 15.9. The molecule has 0 aliphatic carbocycles. The number of hydrogen-bond acceptors (Lipinski definition) is 3. The Balaban J connectivity index is 2.25. The maximum Gasteiger partial charge on any atom is 0.244 e. The minimum absolute atomic E-state index is 0.0499. The lowest BCUT2D eigenvalue weighted by Crippen LogP contribution is -2.24. The predicted molar refractivity (Wildman–Crippen MR) is 76.2 cm³/mol. The molecule has 0 saturated carbocycles. The number of sulfonamides is 1. The highest BCUT2D eigenvalue weighted by Crippen LogP contribution is 2.26. The number of rotatable bonds is 4. The maximum atomic E-state index is 13.7. The summed E-state index contributed by atoms with van der Waals surface area (Å²) in [7, 11) is -4.15. The summed E-state index contributed by atoms with van der Waals surface area (Å²) in [6.07, 6.45) is 0. The van der Waals surface area contributed by atoms with Gasteiger partial charge in [-0.25, -0.2) is 21.9 Å². The van der Waals surface area contributed by atoms with Gasteiger partial charge in [0.15, 0.2) is 0 Å². The number of phenols is 1. The van der Waals surface area contributed by atoms with Crippen molar-refractivity contribution >= 4 is 26.0 Å². The number of halogens is 3. The van der Waals surface area contributed by atoms with Gasteiger partial charge in [-0.15, -0.1) is 0 Å². The minimum atomic E-state index is -4.15. The van der Waals surface area contributed by atoms with E-state index in [0.717, 1.165) is 6.07 Å². The van der Waals surface area contributed by atoms with E-state index in [0.29, 0.717) is 11.6 Å². The zero-order chi connectivity index (χ0) is 15.6. The van der Waals surface area contributed by atoms with Gasteiger partial charge in [-0.3, -0.25) is 0 Å². The molecular weight excluding hydrogens is 368 g/mol. The molecule has 0 aromatic heterocycles. The van der Waals surface area contributed by atoms with E-state index in [1.807, 2.05) is 0 Å². The molecule has 0 radical (unpaired) electrons. The van der Waals surface area contributed by atoms with E-state index in [1.54, 1.807) is 0 Å². The molecule has 0 heterocycles. The van der Waals surface area contributed by atoms with Gasteiger partial charge in [0.05, 0.1) is 0 Å². The Labute approximate surface area is 128 Å². The lowest BCUT2D eigenvalue weighted by Gasteiger charge is -2.10. The van der Waals surface area contributed by atoms with Crippen molar-refractivity contribution in [2.45, 2.75) is 11.4 Å². The van der Waals surface area contributed by atoms with Crippen molar-refractivity contribution < 1.29 is 22.3 Å². The highest BCUT2D eigenvalue weighted by molar-refractivity contribution is 9.10.